The number of H-pyrrole nitrogens is 1. The van der Waals surface area contributed by atoms with Gasteiger partial charge in [-0.3, -0.25) is 9.78 Å². The molecule has 7 heteroatoms. The minimum Gasteiger partial charge on any atom is -0.384 e. The van der Waals surface area contributed by atoms with Crippen molar-refractivity contribution in [3.05, 3.63) is 66.0 Å². The molecular formula is C19H20FN5O. The third-order valence-electron chi connectivity index (χ3n) is 3.85. The first kappa shape index (κ1) is 17.6. The Balaban J connectivity index is 1.51. The van der Waals surface area contributed by atoms with Gasteiger partial charge >= 0.3 is 0 Å². The number of nitrogens with zero attached hydrogens (tertiary/aromatic N) is 2. The van der Waals surface area contributed by atoms with E-state index in [1.165, 1.54) is 12.1 Å². The predicted molar refractivity (Wildman–Crippen MR) is 98.4 cm³/mol. The molecule has 0 aliphatic heterocycles. The summed E-state index contributed by atoms with van der Waals surface area (Å²) in [7, 11) is 0. The van der Waals surface area contributed by atoms with Crippen LogP contribution in [0.5, 0.6) is 0 Å². The molecule has 6 nitrogen and oxygen atoms in total. The van der Waals surface area contributed by atoms with Crippen molar-refractivity contribution in [2.45, 2.75) is 13.3 Å². The molecule has 2 aromatic heterocycles. The molecule has 0 saturated heterocycles. The summed E-state index contributed by atoms with van der Waals surface area (Å²) in [6, 6.07) is 9.78. The molecule has 3 aromatic rings. The number of pyridine rings is 1. The van der Waals surface area contributed by atoms with Gasteiger partial charge in [-0.15, -0.1) is 0 Å². The van der Waals surface area contributed by atoms with Crippen LogP contribution in [0.25, 0.3) is 11.4 Å². The van der Waals surface area contributed by atoms with Crippen LogP contribution in [0.15, 0.2) is 48.8 Å². The highest BCUT2D eigenvalue weighted by atomic mass is 19.1. The summed E-state index contributed by atoms with van der Waals surface area (Å²) in [5.41, 5.74) is 2.71. The van der Waals surface area contributed by atoms with Crippen LogP contribution in [0.2, 0.25) is 0 Å². The topological polar surface area (TPSA) is 82.7 Å². The van der Waals surface area contributed by atoms with E-state index in [0.29, 0.717) is 23.8 Å². The number of anilines is 1. The molecule has 0 aliphatic carbocycles. The Bertz CT molecular complexity index is 861. The van der Waals surface area contributed by atoms with Gasteiger partial charge < -0.3 is 15.6 Å². The largest absolute Gasteiger partial charge is 0.384 e. The van der Waals surface area contributed by atoms with Gasteiger partial charge in [-0.25, -0.2) is 9.37 Å². The van der Waals surface area contributed by atoms with E-state index in [0.717, 1.165) is 24.2 Å². The molecule has 134 valence electrons. The Hall–Kier alpha value is -3.22. The summed E-state index contributed by atoms with van der Waals surface area (Å²) in [4.78, 5) is 23.8. The standard InChI is InChI=1S/C19H20FN5O/c1-13-17(25-18(24-13)14-5-7-15(20)8-6-14)19(26)23-11-3-10-22-16-4-2-9-21-12-16/h2,4-9,12,22H,3,10-11H2,1H3,(H,23,26)(H,24,25). The van der Waals surface area contributed by atoms with Crippen LogP contribution in [0.3, 0.4) is 0 Å². The number of aryl methyl sites for hydroxylation is 1. The maximum atomic E-state index is 13.0. The smallest absolute Gasteiger partial charge is 0.271 e. The van der Waals surface area contributed by atoms with Gasteiger partial charge in [-0.2, -0.15) is 0 Å². The second kappa shape index (κ2) is 8.24. The quantitative estimate of drug-likeness (QED) is 0.570. The highest BCUT2D eigenvalue weighted by molar-refractivity contribution is 5.94. The molecule has 0 atom stereocenters. The molecule has 0 fully saturated rings. The second-order valence-corrected chi connectivity index (χ2v) is 5.84. The highest BCUT2D eigenvalue weighted by Crippen LogP contribution is 2.18. The fourth-order valence-electron chi connectivity index (χ4n) is 2.50. The van der Waals surface area contributed by atoms with Gasteiger partial charge in [0.25, 0.3) is 5.91 Å². The lowest BCUT2D eigenvalue weighted by molar-refractivity contribution is 0.0948. The van der Waals surface area contributed by atoms with Crippen molar-refractivity contribution in [1.82, 2.24) is 20.3 Å². The van der Waals surface area contributed by atoms with Crippen LogP contribution in [-0.2, 0) is 0 Å². The molecular weight excluding hydrogens is 333 g/mol. The zero-order valence-electron chi connectivity index (χ0n) is 14.4. The van der Waals surface area contributed by atoms with E-state index in [1.807, 2.05) is 12.1 Å². The Labute approximate surface area is 150 Å². The summed E-state index contributed by atoms with van der Waals surface area (Å²) in [6.45, 7) is 3.05. The fraction of sp³-hybridized carbons (Fsp3) is 0.211. The predicted octanol–water partition coefficient (Wildman–Crippen LogP) is 3.15. The highest BCUT2D eigenvalue weighted by Gasteiger charge is 2.15. The molecule has 0 saturated carbocycles. The van der Waals surface area contributed by atoms with Crippen LogP contribution >= 0.6 is 0 Å². The van der Waals surface area contributed by atoms with Crippen LogP contribution in [0.4, 0.5) is 10.1 Å². The molecule has 0 radical (unpaired) electrons. The molecule has 0 unspecified atom stereocenters. The number of nitrogens with one attached hydrogen (secondary N) is 3. The van der Waals surface area contributed by atoms with Gasteiger partial charge in [0, 0.05) is 36.7 Å². The maximum absolute atomic E-state index is 13.0. The minimum atomic E-state index is -0.310. The van der Waals surface area contributed by atoms with E-state index >= 15 is 0 Å². The Morgan fingerprint density at radius 1 is 1.19 bits per heavy atom. The van der Waals surface area contributed by atoms with Gasteiger partial charge in [-0.05, 0) is 49.7 Å². The van der Waals surface area contributed by atoms with Crippen LogP contribution in [0.1, 0.15) is 22.6 Å². The van der Waals surface area contributed by atoms with Crippen molar-refractivity contribution in [3.8, 4) is 11.4 Å². The summed E-state index contributed by atoms with van der Waals surface area (Å²) in [6.07, 6.45) is 4.25. The lowest BCUT2D eigenvalue weighted by Gasteiger charge is -2.06. The molecule has 26 heavy (non-hydrogen) atoms. The molecule has 0 bridgehead atoms. The first-order valence-electron chi connectivity index (χ1n) is 8.38. The molecule has 3 rings (SSSR count). The number of aromatic nitrogens is 3. The van der Waals surface area contributed by atoms with Crippen molar-refractivity contribution in [2.24, 2.45) is 0 Å². The number of carbonyl (C=O) groups excluding carboxylic acids is 1. The van der Waals surface area contributed by atoms with Crippen LogP contribution in [0, 0.1) is 12.7 Å². The number of imidazole rings is 1. The molecule has 3 N–H and O–H groups in total. The van der Waals surface area contributed by atoms with Gasteiger partial charge in [0.05, 0.1) is 5.69 Å². The Morgan fingerprint density at radius 3 is 2.73 bits per heavy atom. The second-order valence-electron chi connectivity index (χ2n) is 5.84. The number of rotatable bonds is 7. The van der Waals surface area contributed by atoms with Gasteiger partial charge in [0.15, 0.2) is 0 Å². The van der Waals surface area contributed by atoms with Crippen molar-refractivity contribution in [1.29, 1.82) is 0 Å². The van der Waals surface area contributed by atoms with Crippen molar-refractivity contribution in [2.75, 3.05) is 18.4 Å². The van der Waals surface area contributed by atoms with Crippen LogP contribution in [-0.4, -0.2) is 33.9 Å². The third kappa shape index (κ3) is 4.44. The number of benzene rings is 1. The zero-order valence-corrected chi connectivity index (χ0v) is 14.4. The summed E-state index contributed by atoms with van der Waals surface area (Å²) < 4.78 is 13.0. The van der Waals surface area contributed by atoms with E-state index in [1.54, 1.807) is 31.5 Å². The third-order valence-corrected chi connectivity index (χ3v) is 3.85. The molecule has 2 heterocycles. The Morgan fingerprint density at radius 2 is 2.00 bits per heavy atom. The summed E-state index contributed by atoms with van der Waals surface area (Å²) >= 11 is 0. The van der Waals surface area contributed by atoms with Gasteiger partial charge in [0.2, 0.25) is 0 Å². The SMILES string of the molecule is Cc1[nH]c(-c2ccc(F)cc2)nc1C(=O)NCCCNc1cccnc1. The number of aromatic amines is 1. The lowest BCUT2D eigenvalue weighted by atomic mass is 10.2. The van der Waals surface area contributed by atoms with Gasteiger partial charge in [0.1, 0.15) is 17.3 Å². The average molecular weight is 353 g/mol. The van der Waals surface area contributed by atoms with Gasteiger partial charge in [-0.1, -0.05) is 0 Å². The first-order chi connectivity index (χ1) is 12.6. The maximum Gasteiger partial charge on any atom is 0.271 e. The number of amides is 1. The van der Waals surface area contributed by atoms with Crippen molar-refractivity contribution >= 4 is 11.6 Å². The van der Waals surface area contributed by atoms with Crippen LogP contribution < -0.4 is 10.6 Å². The van der Waals surface area contributed by atoms with E-state index in [9.17, 15) is 9.18 Å². The van der Waals surface area contributed by atoms with E-state index < -0.39 is 0 Å². The number of carbonyl (C=O) groups is 1. The Kier molecular flexibility index (Phi) is 5.58. The minimum absolute atomic E-state index is 0.228. The number of hydrogen-bond acceptors (Lipinski definition) is 4. The van der Waals surface area contributed by atoms with Crippen molar-refractivity contribution in [3.63, 3.8) is 0 Å². The molecule has 1 amide bonds. The van der Waals surface area contributed by atoms with E-state index in [4.69, 9.17) is 0 Å². The monoisotopic (exact) mass is 353 g/mol. The zero-order chi connectivity index (χ0) is 18.4. The molecule has 0 spiro atoms. The molecule has 1 aromatic carbocycles. The number of hydrogen-bond donors (Lipinski definition) is 3. The van der Waals surface area contributed by atoms with E-state index in [-0.39, 0.29) is 11.7 Å². The summed E-state index contributed by atoms with van der Waals surface area (Å²) in [5, 5.41) is 6.10. The molecule has 0 aliphatic rings. The average Bonchev–Trinajstić information content (AvgIpc) is 3.04. The van der Waals surface area contributed by atoms with E-state index in [2.05, 4.69) is 25.6 Å². The fourth-order valence-corrected chi connectivity index (χ4v) is 2.50. The van der Waals surface area contributed by atoms with Crippen molar-refractivity contribution < 1.29 is 9.18 Å². The normalized spacial score (nSPS) is 10.5. The lowest BCUT2D eigenvalue weighted by Crippen LogP contribution is -2.26. The number of halogens is 1. The summed E-state index contributed by atoms with van der Waals surface area (Å²) in [5.74, 6) is 0.00858. The first-order valence-corrected chi connectivity index (χ1v) is 8.38.